The summed E-state index contributed by atoms with van der Waals surface area (Å²) in [6, 6.07) is 8.34. The van der Waals surface area contributed by atoms with E-state index >= 15 is 0 Å². The van der Waals surface area contributed by atoms with Crippen LogP contribution in [-0.2, 0) is 4.74 Å². The van der Waals surface area contributed by atoms with Crippen LogP contribution in [0.5, 0.6) is 5.75 Å². The second kappa shape index (κ2) is 7.62. The zero-order valence-electron chi connectivity index (χ0n) is 12.4. The van der Waals surface area contributed by atoms with Crippen LogP contribution in [0, 0.1) is 6.92 Å². The van der Waals surface area contributed by atoms with Crippen LogP contribution in [-0.4, -0.2) is 55.1 Å². The van der Waals surface area contributed by atoms with Gasteiger partial charge in [0.1, 0.15) is 18.5 Å². The first-order valence-corrected chi connectivity index (χ1v) is 7.34. The van der Waals surface area contributed by atoms with Gasteiger partial charge in [0.25, 0.3) is 0 Å². The highest BCUT2D eigenvalue weighted by Gasteiger charge is 2.20. The highest BCUT2D eigenvalue weighted by Crippen LogP contribution is 2.13. The van der Waals surface area contributed by atoms with Gasteiger partial charge < -0.3 is 14.6 Å². The molecule has 112 valence electrons. The Kier molecular flexibility index (Phi) is 5.83. The van der Waals surface area contributed by atoms with Crippen LogP contribution < -0.4 is 4.74 Å². The Balaban J connectivity index is 1.78. The highest BCUT2D eigenvalue weighted by molar-refractivity contribution is 5.27. The third-order valence-electron chi connectivity index (χ3n) is 3.70. The summed E-state index contributed by atoms with van der Waals surface area (Å²) in [6.45, 7) is 7.61. The summed E-state index contributed by atoms with van der Waals surface area (Å²) in [4.78, 5) is 2.28. The van der Waals surface area contributed by atoms with Gasteiger partial charge >= 0.3 is 0 Å². The summed E-state index contributed by atoms with van der Waals surface area (Å²) in [5, 5.41) is 10.1. The molecule has 1 saturated heterocycles. The van der Waals surface area contributed by atoms with E-state index in [1.54, 1.807) is 0 Å². The van der Waals surface area contributed by atoms with E-state index in [4.69, 9.17) is 9.47 Å². The summed E-state index contributed by atoms with van der Waals surface area (Å²) in [5.74, 6) is 0.816. The van der Waals surface area contributed by atoms with Crippen molar-refractivity contribution in [3.63, 3.8) is 0 Å². The number of benzene rings is 1. The van der Waals surface area contributed by atoms with Crippen LogP contribution in [0.2, 0.25) is 0 Å². The normalized spacial score (nSPS) is 22.2. The fourth-order valence-electron chi connectivity index (χ4n) is 2.43. The average Bonchev–Trinajstić information content (AvgIpc) is 2.62. The van der Waals surface area contributed by atoms with Crippen molar-refractivity contribution in [3.8, 4) is 5.75 Å². The standard InChI is InChI=1S/C16H25NO3/c1-13-4-3-5-16(10-13)20-12-15(18)11-17-7-9-19-8-6-14(17)2/h3-5,10,14-15,18H,6-9,11-12H2,1-2H3. The summed E-state index contributed by atoms with van der Waals surface area (Å²) in [7, 11) is 0. The molecule has 4 nitrogen and oxygen atoms in total. The van der Waals surface area contributed by atoms with Gasteiger partial charge in [0.2, 0.25) is 0 Å². The van der Waals surface area contributed by atoms with Crippen LogP contribution in [0.4, 0.5) is 0 Å². The van der Waals surface area contributed by atoms with Crippen molar-refractivity contribution in [2.24, 2.45) is 0 Å². The molecule has 4 heteroatoms. The Morgan fingerprint density at radius 1 is 1.45 bits per heavy atom. The topological polar surface area (TPSA) is 41.9 Å². The third kappa shape index (κ3) is 4.78. The minimum Gasteiger partial charge on any atom is -0.491 e. The molecule has 1 aromatic rings. The maximum atomic E-state index is 10.1. The number of aliphatic hydroxyl groups is 1. The van der Waals surface area contributed by atoms with E-state index in [1.165, 1.54) is 0 Å². The average molecular weight is 279 g/mol. The predicted octanol–water partition coefficient (Wildman–Crippen LogP) is 1.85. The summed E-state index contributed by atoms with van der Waals surface area (Å²) in [6.07, 6.45) is 0.543. The van der Waals surface area contributed by atoms with E-state index < -0.39 is 6.10 Å². The fraction of sp³-hybridized carbons (Fsp3) is 0.625. The predicted molar refractivity (Wildman–Crippen MR) is 79.2 cm³/mol. The van der Waals surface area contributed by atoms with E-state index in [0.717, 1.165) is 37.5 Å². The molecule has 1 fully saturated rings. The first kappa shape index (κ1) is 15.3. The second-order valence-electron chi connectivity index (χ2n) is 5.53. The number of ether oxygens (including phenoxy) is 2. The van der Waals surface area contributed by atoms with Gasteiger partial charge in [-0.1, -0.05) is 12.1 Å². The number of aliphatic hydroxyl groups excluding tert-OH is 1. The molecular formula is C16H25NO3. The Morgan fingerprint density at radius 3 is 3.10 bits per heavy atom. The smallest absolute Gasteiger partial charge is 0.119 e. The van der Waals surface area contributed by atoms with Gasteiger partial charge in [-0.05, 0) is 38.0 Å². The molecule has 0 amide bonds. The molecule has 0 aromatic heterocycles. The SMILES string of the molecule is Cc1cccc(OCC(O)CN2CCOCCC2C)c1. The molecular weight excluding hydrogens is 254 g/mol. The van der Waals surface area contributed by atoms with Crippen molar-refractivity contribution in [2.75, 3.05) is 32.9 Å². The van der Waals surface area contributed by atoms with Crippen molar-refractivity contribution in [1.82, 2.24) is 4.90 Å². The number of hydrogen-bond acceptors (Lipinski definition) is 4. The minimum atomic E-state index is -0.476. The minimum absolute atomic E-state index is 0.327. The van der Waals surface area contributed by atoms with Gasteiger partial charge in [0, 0.05) is 25.7 Å². The summed E-state index contributed by atoms with van der Waals surface area (Å²) >= 11 is 0. The van der Waals surface area contributed by atoms with E-state index in [1.807, 2.05) is 31.2 Å². The van der Waals surface area contributed by atoms with Crippen LogP contribution in [0.1, 0.15) is 18.9 Å². The molecule has 20 heavy (non-hydrogen) atoms. The first-order chi connectivity index (χ1) is 9.65. The van der Waals surface area contributed by atoms with Crippen molar-refractivity contribution in [2.45, 2.75) is 32.4 Å². The molecule has 1 aliphatic heterocycles. The number of rotatable bonds is 5. The van der Waals surface area contributed by atoms with Crippen LogP contribution in [0.15, 0.2) is 24.3 Å². The molecule has 0 aliphatic carbocycles. The molecule has 0 bridgehead atoms. The number of β-amino-alcohol motifs (C(OH)–C–C–N with tert-alkyl or cyclic N) is 1. The Labute approximate surface area is 121 Å². The van der Waals surface area contributed by atoms with Gasteiger partial charge in [0.05, 0.1) is 6.61 Å². The molecule has 1 aliphatic rings. The van der Waals surface area contributed by atoms with Crippen LogP contribution in [0.3, 0.4) is 0 Å². The molecule has 0 saturated carbocycles. The van der Waals surface area contributed by atoms with Crippen molar-refractivity contribution >= 4 is 0 Å². The quantitative estimate of drug-likeness (QED) is 0.893. The zero-order chi connectivity index (χ0) is 14.4. The van der Waals surface area contributed by atoms with E-state index in [-0.39, 0.29) is 0 Å². The fourth-order valence-corrected chi connectivity index (χ4v) is 2.43. The lowest BCUT2D eigenvalue weighted by atomic mass is 10.2. The van der Waals surface area contributed by atoms with Crippen molar-refractivity contribution in [3.05, 3.63) is 29.8 Å². The molecule has 1 N–H and O–H groups in total. The van der Waals surface area contributed by atoms with Crippen LogP contribution in [0.25, 0.3) is 0 Å². The van der Waals surface area contributed by atoms with Gasteiger partial charge in [0.15, 0.2) is 0 Å². The lowest BCUT2D eigenvalue weighted by molar-refractivity contribution is 0.0543. The highest BCUT2D eigenvalue weighted by atomic mass is 16.5. The molecule has 1 aromatic carbocycles. The van der Waals surface area contributed by atoms with Gasteiger partial charge in [-0.25, -0.2) is 0 Å². The maximum absolute atomic E-state index is 10.1. The van der Waals surface area contributed by atoms with Gasteiger partial charge in [-0.15, -0.1) is 0 Å². The molecule has 2 unspecified atom stereocenters. The second-order valence-corrected chi connectivity index (χ2v) is 5.53. The summed E-state index contributed by atoms with van der Waals surface area (Å²) < 4.78 is 11.1. The summed E-state index contributed by atoms with van der Waals surface area (Å²) in [5.41, 5.74) is 1.16. The monoisotopic (exact) mass is 279 g/mol. The lowest BCUT2D eigenvalue weighted by Crippen LogP contribution is -2.41. The number of hydrogen-bond donors (Lipinski definition) is 1. The largest absolute Gasteiger partial charge is 0.491 e. The molecule has 1 heterocycles. The Morgan fingerprint density at radius 2 is 2.30 bits per heavy atom. The van der Waals surface area contributed by atoms with Gasteiger partial charge in [-0.3, -0.25) is 4.90 Å². The number of aryl methyl sites for hydroxylation is 1. The van der Waals surface area contributed by atoms with Crippen molar-refractivity contribution < 1.29 is 14.6 Å². The van der Waals surface area contributed by atoms with Crippen LogP contribution >= 0.6 is 0 Å². The molecule has 2 rings (SSSR count). The maximum Gasteiger partial charge on any atom is 0.119 e. The molecule has 0 spiro atoms. The Bertz CT molecular complexity index is 410. The first-order valence-electron chi connectivity index (χ1n) is 7.34. The van der Waals surface area contributed by atoms with E-state index in [0.29, 0.717) is 19.2 Å². The van der Waals surface area contributed by atoms with Gasteiger partial charge in [-0.2, -0.15) is 0 Å². The lowest BCUT2D eigenvalue weighted by Gasteiger charge is -2.28. The van der Waals surface area contributed by atoms with Crippen molar-refractivity contribution in [1.29, 1.82) is 0 Å². The van der Waals surface area contributed by atoms with E-state index in [2.05, 4.69) is 11.8 Å². The third-order valence-corrected chi connectivity index (χ3v) is 3.70. The zero-order valence-corrected chi connectivity index (χ0v) is 12.4. The number of nitrogens with zero attached hydrogens (tertiary/aromatic N) is 1. The van der Waals surface area contributed by atoms with E-state index in [9.17, 15) is 5.11 Å². The Hall–Kier alpha value is -1.10. The molecule has 0 radical (unpaired) electrons. The molecule has 2 atom stereocenters.